The first-order chi connectivity index (χ1) is 11.1. The monoisotopic (exact) mass is 318 g/mol. The molecule has 1 aliphatic carbocycles. The molecule has 1 heterocycles. The summed E-state index contributed by atoms with van der Waals surface area (Å²) in [6.07, 6.45) is 7.08. The highest BCUT2D eigenvalue weighted by atomic mass is 19.2. The maximum absolute atomic E-state index is 13.1. The average molecular weight is 318 g/mol. The second kappa shape index (κ2) is 6.68. The fraction of sp³-hybridized carbons (Fsp3) is 0.312. The highest BCUT2D eigenvalue weighted by Gasteiger charge is 2.18. The van der Waals surface area contributed by atoms with Crippen LogP contribution >= 0.6 is 0 Å². The van der Waals surface area contributed by atoms with E-state index in [2.05, 4.69) is 20.6 Å². The number of nitrogens with one attached hydrogen (secondary N) is 2. The molecule has 1 aliphatic rings. The third-order valence-electron chi connectivity index (χ3n) is 3.78. The quantitative estimate of drug-likeness (QED) is 0.908. The molecule has 0 atom stereocenters. The summed E-state index contributed by atoms with van der Waals surface area (Å²) in [4.78, 5) is 20.1. The van der Waals surface area contributed by atoms with Crippen molar-refractivity contribution in [2.45, 2.75) is 31.7 Å². The Balaban J connectivity index is 1.64. The van der Waals surface area contributed by atoms with E-state index >= 15 is 0 Å². The largest absolute Gasteiger partial charge is 0.349 e. The lowest BCUT2D eigenvalue weighted by atomic mass is 10.2. The van der Waals surface area contributed by atoms with Gasteiger partial charge in [-0.25, -0.2) is 18.7 Å². The van der Waals surface area contributed by atoms with Crippen LogP contribution in [0.1, 0.15) is 36.0 Å². The molecular weight excluding hydrogens is 302 g/mol. The van der Waals surface area contributed by atoms with Crippen molar-refractivity contribution in [2.24, 2.45) is 0 Å². The fourth-order valence-electron chi connectivity index (χ4n) is 2.55. The van der Waals surface area contributed by atoms with Gasteiger partial charge >= 0.3 is 0 Å². The van der Waals surface area contributed by atoms with Crippen LogP contribution in [0.25, 0.3) is 0 Å². The number of amides is 1. The van der Waals surface area contributed by atoms with Crippen LogP contribution in [-0.2, 0) is 0 Å². The number of anilines is 2. The zero-order valence-corrected chi connectivity index (χ0v) is 12.4. The van der Waals surface area contributed by atoms with E-state index in [0.717, 1.165) is 37.8 Å². The molecule has 1 amide bonds. The summed E-state index contributed by atoms with van der Waals surface area (Å²) >= 11 is 0. The third-order valence-corrected chi connectivity index (χ3v) is 3.78. The van der Waals surface area contributed by atoms with Gasteiger partial charge in [-0.2, -0.15) is 0 Å². The van der Waals surface area contributed by atoms with Gasteiger partial charge in [0.2, 0.25) is 5.95 Å². The molecular formula is C16H16F2N4O. The number of hydrogen-bond donors (Lipinski definition) is 2. The molecule has 7 heteroatoms. The molecule has 2 N–H and O–H groups in total. The van der Waals surface area contributed by atoms with Crippen molar-refractivity contribution in [3.63, 3.8) is 0 Å². The van der Waals surface area contributed by atoms with Crippen LogP contribution in [0.3, 0.4) is 0 Å². The van der Waals surface area contributed by atoms with E-state index in [1.165, 1.54) is 18.5 Å². The van der Waals surface area contributed by atoms with Gasteiger partial charge in [0, 0.05) is 30.2 Å². The number of carbonyl (C=O) groups excluding carboxylic acids is 1. The van der Waals surface area contributed by atoms with Crippen molar-refractivity contribution < 1.29 is 13.6 Å². The standard InChI is InChI=1S/C16H16F2N4O/c17-13-6-5-12(7-14(13)18)22-16-19-8-10(9-20-16)15(23)21-11-3-1-2-4-11/h5-9,11H,1-4H2,(H,21,23)(H,19,20,22). The number of benzene rings is 1. The van der Waals surface area contributed by atoms with E-state index in [1.807, 2.05) is 0 Å². The molecule has 0 aliphatic heterocycles. The molecule has 1 aromatic carbocycles. The highest BCUT2D eigenvalue weighted by molar-refractivity contribution is 5.93. The summed E-state index contributed by atoms with van der Waals surface area (Å²) in [5.41, 5.74) is 0.694. The number of hydrogen-bond acceptors (Lipinski definition) is 4. The molecule has 1 aromatic heterocycles. The minimum absolute atomic E-state index is 0.198. The van der Waals surface area contributed by atoms with Gasteiger partial charge in [-0.05, 0) is 25.0 Å². The van der Waals surface area contributed by atoms with Crippen LogP contribution in [0.4, 0.5) is 20.4 Å². The van der Waals surface area contributed by atoms with E-state index in [-0.39, 0.29) is 17.9 Å². The Bertz CT molecular complexity index is 700. The Morgan fingerprint density at radius 3 is 2.43 bits per heavy atom. The molecule has 1 fully saturated rings. The number of rotatable bonds is 4. The lowest BCUT2D eigenvalue weighted by Crippen LogP contribution is -2.32. The summed E-state index contributed by atoms with van der Waals surface area (Å²) in [5, 5.41) is 5.70. The average Bonchev–Trinajstić information content (AvgIpc) is 3.04. The van der Waals surface area contributed by atoms with E-state index in [0.29, 0.717) is 11.3 Å². The number of aromatic nitrogens is 2. The zero-order valence-electron chi connectivity index (χ0n) is 12.4. The third kappa shape index (κ3) is 3.80. The molecule has 0 saturated heterocycles. The molecule has 0 spiro atoms. The molecule has 0 unspecified atom stereocenters. The zero-order chi connectivity index (χ0) is 16.2. The van der Waals surface area contributed by atoms with E-state index < -0.39 is 11.6 Å². The summed E-state index contributed by atoms with van der Waals surface area (Å²) in [5.74, 6) is -1.87. The molecule has 5 nitrogen and oxygen atoms in total. The first-order valence-corrected chi connectivity index (χ1v) is 7.47. The van der Waals surface area contributed by atoms with Crippen molar-refractivity contribution in [3.05, 3.63) is 47.8 Å². The van der Waals surface area contributed by atoms with Gasteiger partial charge in [-0.3, -0.25) is 4.79 Å². The van der Waals surface area contributed by atoms with Gasteiger partial charge in [0.1, 0.15) is 0 Å². The fourth-order valence-corrected chi connectivity index (χ4v) is 2.55. The van der Waals surface area contributed by atoms with Gasteiger partial charge in [0.15, 0.2) is 11.6 Å². The van der Waals surface area contributed by atoms with Gasteiger partial charge in [-0.15, -0.1) is 0 Å². The predicted molar refractivity (Wildman–Crippen MR) is 81.4 cm³/mol. The minimum atomic E-state index is -0.956. The lowest BCUT2D eigenvalue weighted by molar-refractivity contribution is 0.0937. The maximum atomic E-state index is 13.1. The second-order valence-electron chi connectivity index (χ2n) is 5.50. The van der Waals surface area contributed by atoms with Gasteiger partial charge in [-0.1, -0.05) is 12.8 Å². The molecule has 23 heavy (non-hydrogen) atoms. The van der Waals surface area contributed by atoms with Crippen LogP contribution in [0, 0.1) is 11.6 Å². The van der Waals surface area contributed by atoms with Crippen molar-refractivity contribution in [3.8, 4) is 0 Å². The van der Waals surface area contributed by atoms with Crippen molar-refractivity contribution in [1.82, 2.24) is 15.3 Å². The second-order valence-corrected chi connectivity index (χ2v) is 5.50. The lowest BCUT2D eigenvalue weighted by Gasteiger charge is -2.11. The Morgan fingerprint density at radius 1 is 1.09 bits per heavy atom. The van der Waals surface area contributed by atoms with Gasteiger partial charge in [0.25, 0.3) is 5.91 Å². The Morgan fingerprint density at radius 2 is 1.78 bits per heavy atom. The predicted octanol–water partition coefficient (Wildman–Crippen LogP) is 3.17. The van der Waals surface area contributed by atoms with Gasteiger partial charge in [0.05, 0.1) is 5.56 Å². The first kappa shape index (κ1) is 15.3. The normalized spacial score (nSPS) is 14.7. The van der Waals surface area contributed by atoms with Gasteiger partial charge < -0.3 is 10.6 Å². The Labute approximate surface area is 132 Å². The molecule has 0 radical (unpaired) electrons. The molecule has 2 aromatic rings. The number of carbonyl (C=O) groups is 1. The van der Waals surface area contributed by atoms with Crippen LogP contribution < -0.4 is 10.6 Å². The first-order valence-electron chi connectivity index (χ1n) is 7.47. The molecule has 0 bridgehead atoms. The SMILES string of the molecule is O=C(NC1CCCC1)c1cnc(Nc2ccc(F)c(F)c2)nc1. The van der Waals surface area contributed by atoms with Crippen molar-refractivity contribution in [1.29, 1.82) is 0 Å². The van der Waals surface area contributed by atoms with Crippen LogP contribution in [0.15, 0.2) is 30.6 Å². The topological polar surface area (TPSA) is 66.9 Å². The smallest absolute Gasteiger partial charge is 0.254 e. The van der Waals surface area contributed by atoms with E-state index in [4.69, 9.17) is 0 Å². The van der Waals surface area contributed by atoms with Crippen molar-refractivity contribution >= 4 is 17.5 Å². The summed E-state index contributed by atoms with van der Waals surface area (Å²) in [6, 6.07) is 3.63. The minimum Gasteiger partial charge on any atom is -0.349 e. The number of halogens is 2. The van der Waals surface area contributed by atoms with Crippen molar-refractivity contribution in [2.75, 3.05) is 5.32 Å². The maximum Gasteiger partial charge on any atom is 0.254 e. The highest BCUT2D eigenvalue weighted by Crippen LogP contribution is 2.18. The summed E-state index contributed by atoms with van der Waals surface area (Å²) in [6.45, 7) is 0. The summed E-state index contributed by atoms with van der Waals surface area (Å²) in [7, 11) is 0. The number of nitrogens with zero attached hydrogens (tertiary/aromatic N) is 2. The van der Waals surface area contributed by atoms with Crippen LogP contribution in [0.5, 0.6) is 0 Å². The van der Waals surface area contributed by atoms with Crippen LogP contribution in [0.2, 0.25) is 0 Å². The Hall–Kier alpha value is -2.57. The van der Waals surface area contributed by atoms with E-state index in [1.54, 1.807) is 0 Å². The van der Waals surface area contributed by atoms with Crippen LogP contribution in [-0.4, -0.2) is 21.9 Å². The summed E-state index contributed by atoms with van der Waals surface area (Å²) < 4.78 is 26.0. The molecule has 3 rings (SSSR count). The Kier molecular flexibility index (Phi) is 4.45. The molecule has 120 valence electrons. The van der Waals surface area contributed by atoms with E-state index in [9.17, 15) is 13.6 Å². The molecule has 1 saturated carbocycles.